The Morgan fingerprint density at radius 1 is 1.43 bits per heavy atom. The maximum atomic E-state index is 5.39. The molecule has 0 unspecified atom stereocenters. The summed E-state index contributed by atoms with van der Waals surface area (Å²) in [6.45, 7) is 3.97. The van der Waals surface area contributed by atoms with Crippen LogP contribution in [0.15, 0.2) is 0 Å². The van der Waals surface area contributed by atoms with Crippen molar-refractivity contribution in [2.24, 2.45) is 5.73 Å². The molecule has 2 nitrogen and oxygen atoms in total. The second-order valence-electron chi connectivity index (χ2n) is 2.43. The lowest BCUT2D eigenvalue weighted by molar-refractivity contribution is -0.888. The van der Waals surface area contributed by atoms with Crippen LogP contribution in [0.25, 0.3) is 0 Å². The molecule has 0 radical (unpaired) electrons. The van der Waals surface area contributed by atoms with Gasteiger partial charge in [-0.15, -0.1) is 0 Å². The minimum Gasteiger partial charge on any atom is -0.317 e. The van der Waals surface area contributed by atoms with Crippen LogP contribution in [0.1, 0.15) is 6.92 Å². The lowest BCUT2D eigenvalue weighted by Crippen LogP contribution is -2.43. The van der Waals surface area contributed by atoms with E-state index >= 15 is 0 Å². The van der Waals surface area contributed by atoms with Gasteiger partial charge in [-0.05, 0) is 6.92 Å². The van der Waals surface area contributed by atoms with Gasteiger partial charge in [0.2, 0.25) is 0 Å². The van der Waals surface area contributed by atoms with Crippen molar-refractivity contribution < 1.29 is 4.48 Å². The van der Waals surface area contributed by atoms with Crippen molar-refractivity contribution in [3.05, 3.63) is 0 Å². The molecule has 0 spiro atoms. The molecule has 0 rings (SSSR count). The van der Waals surface area contributed by atoms with E-state index in [1.54, 1.807) is 0 Å². The first-order chi connectivity index (χ1) is 3.12. The molecule has 0 saturated heterocycles. The zero-order valence-corrected chi connectivity index (χ0v) is 5.44. The average Bonchev–Trinajstić information content (AvgIpc) is 1.68. The first-order valence-corrected chi connectivity index (χ1v) is 2.64. The zero-order chi connectivity index (χ0) is 5.91. The van der Waals surface area contributed by atoms with Crippen LogP contribution in [0.4, 0.5) is 0 Å². The van der Waals surface area contributed by atoms with Crippen LogP contribution in [-0.4, -0.2) is 31.8 Å². The van der Waals surface area contributed by atoms with E-state index in [-0.39, 0.29) is 0 Å². The minimum atomic E-state index is 0.733. The second-order valence-corrected chi connectivity index (χ2v) is 2.43. The molecule has 0 bridgehead atoms. The van der Waals surface area contributed by atoms with Gasteiger partial charge in [-0.1, -0.05) is 0 Å². The Morgan fingerprint density at radius 3 is 1.86 bits per heavy atom. The number of nitrogens with two attached hydrogens (primary N) is 1. The van der Waals surface area contributed by atoms with Gasteiger partial charge in [-0.3, -0.25) is 5.73 Å². The number of quaternary nitrogens is 1. The summed E-state index contributed by atoms with van der Waals surface area (Å²) in [4.78, 5) is 0. The number of rotatable bonds is 2. The Morgan fingerprint density at radius 2 is 1.86 bits per heavy atom. The summed E-state index contributed by atoms with van der Waals surface area (Å²) in [5.74, 6) is 0. The molecule has 0 aliphatic heterocycles. The third kappa shape index (κ3) is 2.60. The first-order valence-electron chi connectivity index (χ1n) is 2.64. The molecule has 0 aliphatic carbocycles. The van der Waals surface area contributed by atoms with Crippen molar-refractivity contribution in [2.75, 3.05) is 27.3 Å². The highest BCUT2D eigenvalue weighted by molar-refractivity contribution is 4.15. The van der Waals surface area contributed by atoms with Gasteiger partial charge in [0.1, 0.15) is 6.67 Å². The SMILES string of the molecule is CC[N+](C)(C)CN. The van der Waals surface area contributed by atoms with E-state index in [2.05, 4.69) is 21.0 Å². The van der Waals surface area contributed by atoms with Crippen LogP contribution >= 0.6 is 0 Å². The van der Waals surface area contributed by atoms with Gasteiger partial charge < -0.3 is 4.48 Å². The molecule has 0 amide bonds. The minimum absolute atomic E-state index is 0.733. The Labute approximate surface area is 45.5 Å². The standard InChI is InChI=1S/C5H15N2/c1-4-7(2,3)5-6/h4-6H2,1-3H3/q+1. The maximum Gasteiger partial charge on any atom is 0.129 e. The van der Waals surface area contributed by atoms with Crippen LogP contribution in [0.2, 0.25) is 0 Å². The third-order valence-electron chi connectivity index (χ3n) is 1.35. The predicted octanol–water partition coefficient (Wildman–Crippen LogP) is -0.00110. The smallest absolute Gasteiger partial charge is 0.129 e. The summed E-state index contributed by atoms with van der Waals surface area (Å²) in [6, 6.07) is 0. The topological polar surface area (TPSA) is 26.0 Å². The quantitative estimate of drug-likeness (QED) is 0.386. The molecule has 0 aromatic carbocycles. The van der Waals surface area contributed by atoms with Gasteiger partial charge in [-0.2, -0.15) is 0 Å². The summed E-state index contributed by atoms with van der Waals surface area (Å²) in [6.07, 6.45) is 0. The molecule has 0 atom stereocenters. The van der Waals surface area contributed by atoms with E-state index in [0.717, 1.165) is 17.7 Å². The molecule has 0 saturated carbocycles. The zero-order valence-electron chi connectivity index (χ0n) is 5.44. The lowest BCUT2D eigenvalue weighted by atomic mass is 10.5. The van der Waals surface area contributed by atoms with Gasteiger partial charge in [0, 0.05) is 0 Å². The molecule has 2 N–H and O–H groups in total. The highest BCUT2D eigenvalue weighted by Crippen LogP contribution is 1.87. The Kier molecular flexibility index (Phi) is 2.26. The van der Waals surface area contributed by atoms with Gasteiger partial charge >= 0.3 is 0 Å². The van der Waals surface area contributed by atoms with Gasteiger partial charge in [0.25, 0.3) is 0 Å². The molecular formula is C5H15N2+. The van der Waals surface area contributed by atoms with Crippen LogP contribution in [0.5, 0.6) is 0 Å². The normalized spacial score (nSPS) is 12.0. The van der Waals surface area contributed by atoms with E-state index < -0.39 is 0 Å². The van der Waals surface area contributed by atoms with E-state index in [4.69, 9.17) is 5.73 Å². The van der Waals surface area contributed by atoms with Crippen LogP contribution < -0.4 is 5.73 Å². The number of hydrogen-bond acceptors (Lipinski definition) is 1. The molecule has 0 aromatic rings. The van der Waals surface area contributed by atoms with E-state index in [9.17, 15) is 0 Å². The van der Waals surface area contributed by atoms with Crippen molar-refractivity contribution >= 4 is 0 Å². The van der Waals surface area contributed by atoms with Gasteiger partial charge in [0.15, 0.2) is 0 Å². The lowest BCUT2D eigenvalue weighted by Gasteiger charge is -2.25. The summed E-state index contributed by atoms with van der Waals surface area (Å²) >= 11 is 0. The molecule has 0 heterocycles. The summed E-state index contributed by atoms with van der Waals surface area (Å²) in [5.41, 5.74) is 5.39. The van der Waals surface area contributed by atoms with Crippen LogP contribution in [-0.2, 0) is 0 Å². The fourth-order valence-electron chi connectivity index (χ4n) is 0.129. The second kappa shape index (κ2) is 2.28. The summed E-state index contributed by atoms with van der Waals surface area (Å²) in [5, 5.41) is 0. The molecule has 7 heavy (non-hydrogen) atoms. The molecule has 44 valence electrons. The van der Waals surface area contributed by atoms with E-state index in [1.165, 1.54) is 0 Å². The van der Waals surface area contributed by atoms with Gasteiger partial charge in [0.05, 0.1) is 20.6 Å². The molecule has 0 fully saturated rings. The average molecular weight is 103 g/mol. The number of hydrogen-bond donors (Lipinski definition) is 1. The third-order valence-corrected chi connectivity index (χ3v) is 1.35. The van der Waals surface area contributed by atoms with Crippen LogP contribution in [0.3, 0.4) is 0 Å². The monoisotopic (exact) mass is 103 g/mol. The highest BCUT2D eigenvalue weighted by atomic mass is 15.3. The Balaban J connectivity index is 3.36. The Hall–Kier alpha value is -0.0800. The highest BCUT2D eigenvalue weighted by Gasteiger charge is 2.05. The molecule has 0 aromatic heterocycles. The van der Waals surface area contributed by atoms with Crippen molar-refractivity contribution in [2.45, 2.75) is 6.92 Å². The maximum absolute atomic E-state index is 5.39. The predicted molar refractivity (Wildman–Crippen MR) is 31.7 cm³/mol. The van der Waals surface area contributed by atoms with E-state index in [0.29, 0.717) is 0 Å². The number of nitrogens with zero attached hydrogens (tertiary/aromatic N) is 1. The first kappa shape index (κ1) is 6.92. The van der Waals surface area contributed by atoms with Crippen molar-refractivity contribution in [3.8, 4) is 0 Å². The molecule has 2 heteroatoms. The summed E-state index contributed by atoms with van der Waals surface area (Å²) < 4.78 is 0.917. The Bertz CT molecular complexity index is 44.0. The molecular weight excluding hydrogens is 88.1 g/mol. The molecule has 0 aliphatic rings. The fourth-order valence-corrected chi connectivity index (χ4v) is 0.129. The van der Waals surface area contributed by atoms with Crippen molar-refractivity contribution in [1.82, 2.24) is 0 Å². The van der Waals surface area contributed by atoms with Crippen LogP contribution in [0, 0.1) is 0 Å². The van der Waals surface area contributed by atoms with Crippen molar-refractivity contribution in [3.63, 3.8) is 0 Å². The largest absolute Gasteiger partial charge is 0.317 e. The van der Waals surface area contributed by atoms with E-state index in [1.807, 2.05) is 0 Å². The van der Waals surface area contributed by atoms with Gasteiger partial charge in [-0.25, -0.2) is 0 Å². The van der Waals surface area contributed by atoms with Crippen molar-refractivity contribution in [1.29, 1.82) is 0 Å². The summed E-state index contributed by atoms with van der Waals surface area (Å²) in [7, 11) is 4.22. The fraction of sp³-hybridized carbons (Fsp3) is 1.00.